The van der Waals surface area contributed by atoms with Crippen LogP contribution in [0.25, 0.3) is 0 Å². The van der Waals surface area contributed by atoms with Gasteiger partial charge in [0.05, 0.1) is 15.5 Å². The number of non-ortho nitro benzene ring substituents is 1. The maximum absolute atomic E-state index is 12.7. The second kappa shape index (κ2) is 8.07. The van der Waals surface area contributed by atoms with E-state index in [-0.39, 0.29) is 16.1 Å². The van der Waals surface area contributed by atoms with Crippen LogP contribution in [0.1, 0.15) is 35.2 Å². The van der Waals surface area contributed by atoms with Gasteiger partial charge in [0.15, 0.2) is 0 Å². The van der Waals surface area contributed by atoms with Crippen LogP contribution in [0, 0.1) is 17.0 Å². The average molecular weight is 403 g/mol. The molecule has 9 heteroatoms. The number of anilines is 1. The van der Waals surface area contributed by atoms with Gasteiger partial charge in [0.1, 0.15) is 0 Å². The number of hydrogen-bond acceptors (Lipinski definition) is 5. The zero-order chi connectivity index (χ0) is 20.3. The van der Waals surface area contributed by atoms with Crippen LogP contribution in [0.15, 0.2) is 47.4 Å². The standard InChI is InChI=1S/C19H21N3O5S/c1-14-5-8-16(22(24)25)13-18(14)20-19(23)15-6-9-17(10-7-15)28(26,27)21-11-3-2-4-12-21/h5-10,13H,2-4,11-12H2,1H3,(H,20,23). The third-order valence-corrected chi connectivity index (χ3v) is 6.66. The largest absolute Gasteiger partial charge is 0.321 e. The molecule has 0 aliphatic carbocycles. The second-order valence-electron chi connectivity index (χ2n) is 6.70. The monoisotopic (exact) mass is 403 g/mol. The number of benzene rings is 2. The minimum absolute atomic E-state index is 0.121. The van der Waals surface area contributed by atoms with Gasteiger partial charge in [-0.05, 0) is 49.6 Å². The Hall–Kier alpha value is -2.78. The Kier molecular flexibility index (Phi) is 5.76. The molecular weight excluding hydrogens is 382 g/mol. The predicted octanol–water partition coefficient (Wildman–Crippen LogP) is 3.33. The van der Waals surface area contributed by atoms with Crippen molar-refractivity contribution in [1.29, 1.82) is 0 Å². The van der Waals surface area contributed by atoms with E-state index in [0.29, 0.717) is 24.3 Å². The summed E-state index contributed by atoms with van der Waals surface area (Å²) in [6.07, 6.45) is 2.73. The summed E-state index contributed by atoms with van der Waals surface area (Å²) in [6.45, 7) is 2.75. The number of carbonyl (C=O) groups excluding carboxylic acids is 1. The van der Waals surface area contributed by atoms with Crippen molar-refractivity contribution < 1.29 is 18.1 Å². The van der Waals surface area contributed by atoms with E-state index in [1.807, 2.05) is 0 Å². The molecule has 1 heterocycles. The molecule has 0 atom stereocenters. The average Bonchev–Trinajstić information content (AvgIpc) is 2.70. The van der Waals surface area contributed by atoms with E-state index in [1.165, 1.54) is 40.7 Å². The number of nitro benzene ring substituents is 1. The molecule has 1 N–H and O–H groups in total. The SMILES string of the molecule is Cc1ccc([N+](=O)[O-])cc1NC(=O)c1ccc(S(=O)(=O)N2CCCCC2)cc1. The quantitative estimate of drug-likeness (QED) is 0.608. The molecule has 0 saturated carbocycles. The molecule has 2 aromatic carbocycles. The van der Waals surface area contributed by atoms with Gasteiger partial charge in [-0.25, -0.2) is 8.42 Å². The molecule has 0 radical (unpaired) electrons. The number of nitro groups is 1. The number of aryl methyl sites for hydroxylation is 1. The van der Waals surface area contributed by atoms with Gasteiger partial charge < -0.3 is 5.32 Å². The van der Waals surface area contributed by atoms with E-state index in [9.17, 15) is 23.3 Å². The molecule has 0 spiro atoms. The van der Waals surface area contributed by atoms with Crippen molar-refractivity contribution in [3.63, 3.8) is 0 Å². The van der Waals surface area contributed by atoms with Crippen LogP contribution in [-0.2, 0) is 10.0 Å². The van der Waals surface area contributed by atoms with Crippen molar-refractivity contribution in [3.8, 4) is 0 Å². The van der Waals surface area contributed by atoms with Crippen LogP contribution in [0.2, 0.25) is 0 Å². The van der Waals surface area contributed by atoms with E-state index >= 15 is 0 Å². The Morgan fingerprint density at radius 1 is 1.07 bits per heavy atom. The highest BCUT2D eigenvalue weighted by molar-refractivity contribution is 7.89. The number of nitrogens with one attached hydrogen (secondary N) is 1. The summed E-state index contributed by atoms with van der Waals surface area (Å²) < 4.78 is 26.8. The van der Waals surface area contributed by atoms with E-state index < -0.39 is 20.9 Å². The molecule has 0 aromatic heterocycles. The molecule has 0 bridgehead atoms. The van der Waals surface area contributed by atoms with Crippen molar-refractivity contribution in [2.45, 2.75) is 31.1 Å². The van der Waals surface area contributed by atoms with Gasteiger partial charge in [0.25, 0.3) is 11.6 Å². The second-order valence-corrected chi connectivity index (χ2v) is 8.64. The Morgan fingerprint density at radius 2 is 1.71 bits per heavy atom. The number of sulfonamides is 1. The number of nitrogens with zero attached hydrogens (tertiary/aromatic N) is 2. The van der Waals surface area contributed by atoms with Crippen molar-refractivity contribution in [3.05, 3.63) is 63.7 Å². The first-order valence-corrected chi connectivity index (χ1v) is 10.4. The lowest BCUT2D eigenvalue weighted by Gasteiger charge is -2.25. The fourth-order valence-corrected chi connectivity index (χ4v) is 4.60. The molecule has 2 aromatic rings. The lowest BCUT2D eigenvalue weighted by molar-refractivity contribution is -0.384. The molecular formula is C19H21N3O5S. The van der Waals surface area contributed by atoms with Crippen molar-refractivity contribution in [2.24, 2.45) is 0 Å². The Balaban J connectivity index is 1.77. The molecule has 0 unspecified atom stereocenters. The zero-order valence-electron chi connectivity index (χ0n) is 15.4. The Labute approximate surface area is 163 Å². The molecule has 3 rings (SSSR count). The topological polar surface area (TPSA) is 110 Å². The summed E-state index contributed by atoms with van der Waals surface area (Å²) in [4.78, 5) is 23.0. The lowest BCUT2D eigenvalue weighted by Crippen LogP contribution is -2.35. The maximum atomic E-state index is 12.7. The van der Waals surface area contributed by atoms with Crippen LogP contribution >= 0.6 is 0 Å². The summed E-state index contributed by atoms with van der Waals surface area (Å²) in [7, 11) is -3.56. The van der Waals surface area contributed by atoms with Gasteiger partial charge in [0, 0.05) is 30.8 Å². The number of rotatable bonds is 5. The first-order valence-electron chi connectivity index (χ1n) is 8.95. The molecule has 28 heavy (non-hydrogen) atoms. The Morgan fingerprint density at radius 3 is 2.32 bits per heavy atom. The summed E-state index contributed by atoms with van der Waals surface area (Å²) in [5.74, 6) is -0.467. The van der Waals surface area contributed by atoms with E-state index in [1.54, 1.807) is 13.0 Å². The third kappa shape index (κ3) is 4.20. The van der Waals surface area contributed by atoms with Crippen molar-refractivity contribution in [1.82, 2.24) is 4.31 Å². The van der Waals surface area contributed by atoms with E-state index in [4.69, 9.17) is 0 Å². The molecule has 148 valence electrons. The molecule has 1 fully saturated rings. The fraction of sp³-hybridized carbons (Fsp3) is 0.316. The van der Waals surface area contributed by atoms with Gasteiger partial charge in [0.2, 0.25) is 10.0 Å². The third-order valence-electron chi connectivity index (χ3n) is 4.75. The summed E-state index contributed by atoms with van der Waals surface area (Å²) in [5, 5.41) is 13.6. The first-order chi connectivity index (χ1) is 13.3. The van der Waals surface area contributed by atoms with Gasteiger partial charge in [-0.2, -0.15) is 4.31 Å². The van der Waals surface area contributed by atoms with Crippen LogP contribution in [0.5, 0.6) is 0 Å². The molecule has 1 aliphatic heterocycles. The van der Waals surface area contributed by atoms with Crippen LogP contribution in [0.3, 0.4) is 0 Å². The van der Waals surface area contributed by atoms with E-state index in [0.717, 1.165) is 19.3 Å². The maximum Gasteiger partial charge on any atom is 0.271 e. The van der Waals surface area contributed by atoms with Crippen molar-refractivity contribution >= 4 is 27.3 Å². The number of piperidine rings is 1. The minimum atomic E-state index is -3.56. The fourth-order valence-electron chi connectivity index (χ4n) is 3.09. The predicted molar refractivity (Wildman–Crippen MR) is 105 cm³/mol. The van der Waals surface area contributed by atoms with Gasteiger partial charge in [-0.1, -0.05) is 12.5 Å². The zero-order valence-corrected chi connectivity index (χ0v) is 16.2. The van der Waals surface area contributed by atoms with Gasteiger partial charge in [-0.15, -0.1) is 0 Å². The molecule has 1 amide bonds. The number of amides is 1. The first kappa shape index (κ1) is 20.0. The smallest absolute Gasteiger partial charge is 0.271 e. The molecule has 8 nitrogen and oxygen atoms in total. The van der Waals surface area contributed by atoms with Crippen LogP contribution in [0.4, 0.5) is 11.4 Å². The minimum Gasteiger partial charge on any atom is -0.321 e. The van der Waals surface area contributed by atoms with Crippen LogP contribution in [-0.4, -0.2) is 36.6 Å². The summed E-state index contributed by atoms with van der Waals surface area (Å²) in [5.41, 5.74) is 1.17. The van der Waals surface area contributed by atoms with Gasteiger partial charge >= 0.3 is 0 Å². The highest BCUT2D eigenvalue weighted by Crippen LogP contribution is 2.24. The molecule has 1 saturated heterocycles. The normalized spacial score (nSPS) is 15.2. The van der Waals surface area contributed by atoms with Gasteiger partial charge in [-0.3, -0.25) is 14.9 Å². The lowest BCUT2D eigenvalue weighted by atomic mass is 10.1. The van der Waals surface area contributed by atoms with Crippen LogP contribution < -0.4 is 5.32 Å². The summed E-state index contributed by atoms with van der Waals surface area (Å²) >= 11 is 0. The van der Waals surface area contributed by atoms with Crippen molar-refractivity contribution in [2.75, 3.05) is 18.4 Å². The highest BCUT2D eigenvalue weighted by Gasteiger charge is 2.26. The number of hydrogen-bond donors (Lipinski definition) is 1. The number of carbonyl (C=O) groups is 1. The molecule has 1 aliphatic rings. The highest BCUT2D eigenvalue weighted by atomic mass is 32.2. The van der Waals surface area contributed by atoms with E-state index in [2.05, 4.69) is 5.32 Å². The Bertz CT molecular complexity index is 997. The summed E-state index contributed by atoms with van der Waals surface area (Å²) in [6, 6.07) is 9.94.